The van der Waals surface area contributed by atoms with Gasteiger partial charge in [0.2, 0.25) is 0 Å². The molecule has 0 aliphatic rings. The first-order valence-electron chi connectivity index (χ1n) is 3.66. The number of pyridine rings is 1. The van der Waals surface area contributed by atoms with Crippen LogP contribution in [0.15, 0.2) is 22.8 Å². The van der Waals surface area contributed by atoms with Crippen molar-refractivity contribution >= 4 is 39.0 Å². The number of carboxylic acid groups (broad SMARTS) is 1. The molecule has 6 heteroatoms. The fraction of sp³-hybridized carbons (Fsp3) is 0. The number of rotatable bonds is 1. The molecule has 2 heterocycles. The summed E-state index contributed by atoms with van der Waals surface area (Å²) in [6, 6.07) is 3.47. The van der Waals surface area contributed by atoms with E-state index in [9.17, 15) is 4.79 Å². The molecule has 0 aliphatic carbocycles. The second-order valence-electron chi connectivity index (χ2n) is 2.64. The molecule has 2 rings (SSSR count). The molecular formula is C8H4BrClN2O2. The number of aromatic nitrogens is 2. The largest absolute Gasteiger partial charge is 0.476 e. The number of fused-ring (bicyclic) bond motifs is 1. The Morgan fingerprint density at radius 1 is 1.57 bits per heavy atom. The zero-order valence-electron chi connectivity index (χ0n) is 6.74. The van der Waals surface area contributed by atoms with Gasteiger partial charge < -0.3 is 5.11 Å². The van der Waals surface area contributed by atoms with E-state index in [1.54, 1.807) is 18.3 Å². The standard InChI is InChI=1S/C8H4BrClN2O2/c9-4-1-2-5-6(10)7(8(13)14)11-12(5)3-4/h1-3H,(H,13,14). The van der Waals surface area contributed by atoms with E-state index in [0.29, 0.717) is 5.52 Å². The molecule has 0 fully saturated rings. The molecule has 0 saturated carbocycles. The van der Waals surface area contributed by atoms with Gasteiger partial charge in [-0.2, -0.15) is 5.10 Å². The maximum absolute atomic E-state index is 10.7. The number of carboxylic acids is 1. The van der Waals surface area contributed by atoms with E-state index in [4.69, 9.17) is 16.7 Å². The molecular weight excluding hydrogens is 271 g/mol. The van der Waals surface area contributed by atoms with Crippen LogP contribution in [-0.4, -0.2) is 20.7 Å². The van der Waals surface area contributed by atoms with E-state index in [1.807, 2.05) is 0 Å². The molecule has 0 atom stereocenters. The Balaban J connectivity index is 2.79. The third-order valence-electron chi connectivity index (χ3n) is 1.74. The summed E-state index contributed by atoms with van der Waals surface area (Å²) in [6.07, 6.45) is 1.65. The second kappa shape index (κ2) is 3.25. The first-order valence-corrected chi connectivity index (χ1v) is 4.83. The number of hydrogen-bond donors (Lipinski definition) is 1. The fourth-order valence-corrected chi connectivity index (χ4v) is 1.72. The third-order valence-corrected chi connectivity index (χ3v) is 2.58. The Hall–Kier alpha value is -1.07. The highest BCUT2D eigenvalue weighted by Gasteiger charge is 2.16. The van der Waals surface area contributed by atoms with Crippen molar-refractivity contribution in [2.24, 2.45) is 0 Å². The molecule has 4 nitrogen and oxygen atoms in total. The van der Waals surface area contributed by atoms with Crippen LogP contribution in [0.4, 0.5) is 0 Å². The van der Waals surface area contributed by atoms with Gasteiger partial charge in [-0.15, -0.1) is 0 Å². The van der Waals surface area contributed by atoms with Crippen molar-refractivity contribution < 1.29 is 9.90 Å². The van der Waals surface area contributed by atoms with E-state index >= 15 is 0 Å². The molecule has 0 amide bonds. The first-order chi connectivity index (χ1) is 6.59. The first kappa shape index (κ1) is 9.48. The van der Waals surface area contributed by atoms with Gasteiger partial charge in [-0.05, 0) is 28.1 Å². The van der Waals surface area contributed by atoms with Crippen molar-refractivity contribution in [1.29, 1.82) is 0 Å². The zero-order chi connectivity index (χ0) is 10.3. The van der Waals surface area contributed by atoms with Crippen LogP contribution in [-0.2, 0) is 0 Å². The molecule has 0 aromatic carbocycles. The molecule has 0 spiro atoms. The number of hydrogen-bond acceptors (Lipinski definition) is 2. The normalized spacial score (nSPS) is 10.7. The monoisotopic (exact) mass is 274 g/mol. The highest BCUT2D eigenvalue weighted by Crippen LogP contribution is 2.23. The van der Waals surface area contributed by atoms with Crippen LogP contribution >= 0.6 is 27.5 Å². The van der Waals surface area contributed by atoms with E-state index in [2.05, 4.69) is 21.0 Å². The molecule has 0 aliphatic heterocycles. The molecule has 1 N–H and O–H groups in total. The molecule has 72 valence electrons. The fourth-order valence-electron chi connectivity index (χ4n) is 1.13. The Bertz CT molecular complexity index is 523. The van der Waals surface area contributed by atoms with Crippen LogP contribution in [0.25, 0.3) is 5.52 Å². The lowest BCUT2D eigenvalue weighted by Crippen LogP contribution is -1.98. The summed E-state index contributed by atoms with van der Waals surface area (Å²) in [5.41, 5.74) is 0.442. The predicted octanol–water partition coefficient (Wildman–Crippen LogP) is 2.45. The van der Waals surface area contributed by atoms with E-state index in [1.165, 1.54) is 4.52 Å². The Morgan fingerprint density at radius 2 is 2.29 bits per heavy atom. The van der Waals surface area contributed by atoms with Crippen molar-refractivity contribution in [3.63, 3.8) is 0 Å². The summed E-state index contributed by atoms with van der Waals surface area (Å²) < 4.78 is 2.23. The van der Waals surface area contributed by atoms with E-state index in [-0.39, 0.29) is 10.7 Å². The summed E-state index contributed by atoms with van der Waals surface area (Å²) in [4.78, 5) is 10.7. The lowest BCUT2D eigenvalue weighted by molar-refractivity contribution is 0.0690. The van der Waals surface area contributed by atoms with Crippen LogP contribution in [0, 0.1) is 0 Å². The number of carbonyl (C=O) groups is 1. The average Bonchev–Trinajstić information content (AvgIpc) is 2.43. The van der Waals surface area contributed by atoms with Crippen LogP contribution < -0.4 is 0 Å². The summed E-state index contributed by atoms with van der Waals surface area (Å²) >= 11 is 9.08. The van der Waals surface area contributed by atoms with Crippen LogP contribution in [0.1, 0.15) is 10.5 Å². The minimum atomic E-state index is -1.13. The van der Waals surface area contributed by atoms with E-state index in [0.717, 1.165) is 4.47 Å². The Kier molecular flexibility index (Phi) is 2.20. The SMILES string of the molecule is O=C(O)c1nn2cc(Br)ccc2c1Cl. The van der Waals surface area contributed by atoms with Gasteiger partial charge in [0.1, 0.15) is 5.02 Å². The minimum Gasteiger partial charge on any atom is -0.476 e. The molecule has 2 aromatic rings. The maximum atomic E-state index is 10.7. The summed E-state index contributed by atoms with van der Waals surface area (Å²) in [6.45, 7) is 0. The van der Waals surface area contributed by atoms with E-state index < -0.39 is 5.97 Å². The highest BCUT2D eigenvalue weighted by atomic mass is 79.9. The van der Waals surface area contributed by atoms with Crippen LogP contribution in [0.3, 0.4) is 0 Å². The minimum absolute atomic E-state index is 0.134. The summed E-state index contributed by atoms with van der Waals surface area (Å²) in [7, 11) is 0. The number of halogens is 2. The molecule has 0 saturated heterocycles. The quantitative estimate of drug-likeness (QED) is 0.870. The third kappa shape index (κ3) is 1.38. The molecule has 0 unspecified atom stereocenters. The second-order valence-corrected chi connectivity index (χ2v) is 3.94. The van der Waals surface area contributed by atoms with Crippen molar-refractivity contribution in [1.82, 2.24) is 9.61 Å². The lowest BCUT2D eigenvalue weighted by Gasteiger charge is -1.92. The average molecular weight is 275 g/mol. The van der Waals surface area contributed by atoms with Gasteiger partial charge in [-0.1, -0.05) is 11.6 Å². The van der Waals surface area contributed by atoms with Gasteiger partial charge in [0.25, 0.3) is 0 Å². The molecule has 14 heavy (non-hydrogen) atoms. The summed E-state index contributed by atoms with van der Waals surface area (Å²) in [5.74, 6) is -1.13. The lowest BCUT2D eigenvalue weighted by atomic mass is 10.3. The van der Waals surface area contributed by atoms with Gasteiger partial charge in [-0.3, -0.25) is 0 Å². The van der Waals surface area contributed by atoms with Crippen molar-refractivity contribution in [2.75, 3.05) is 0 Å². The Labute approximate surface area is 92.2 Å². The van der Waals surface area contributed by atoms with Gasteiger partial charge in [0.05, 0.1) is 5.52 Å². The topological polar surface area (TPSA) is 54.6 Å². The zero-order valence-corrected chi connectivity index (χ0v) is 9.08. The van der Waals surface area contributed by atoms with Crippen molar-refractivity contribution in [2.45, 2.75) is 0 Å². The van der Waals surface area contributed by atoms with Crippen molar-refractivity contribution in [3.8, 4) is 0 Å². The Morgan fingerprint density at radius 3 is 2.93 bits per heavy atom. The number of aromatic carboxylic acids is 1. The molecule has 0 radical (unpaired) electrons. The van der Waals surface area contributed by atoms with Gasteiger partial charge >= 0.3 is 5.97 Å². The maximum Gasteiger partial charge on any atom is 0.358 e. The van der Waals surface area contributed by atoms with Gasteiger partial charge in [-0.25, -0.2) is 9.31 Å². The van der Waals surface area contributed by atoms with Crippen LogP contribution in [0.5, 0.6) is 0 Å². The number of nitrogens with zero attached hydrogens (tertiary/aromatic N) is 2. The molecule has 0 bridgehead atoms. The van der Waals surface area contributed by atoms with Crippen LogP contribution in [0.2, 0.25) is 5.02 Å². The van der Waals surface area contributed by atoms with Gasteiger partial charge in [0.15, 0.2) is 5.69 Å². The summed E-state index contributed by atoms with van der Waals surface area (Å²) in [5, 5.41) is 12.7. The molecule has 2 aromatic heterocycles. The smallest absolute Gasteiger partial charge is 0.358 e. The highest BCUT2D eigenvalue weighted by molar-refractivity contribution is 9.10. The predicted molar refractivity (Wildman–Crippen MR) is 54.9 cm³/mol. The van der Waals surface area contributed by atoms with Gasteiger partial charge in [0, 0.05) is 10.7 Å². The van der Waals surface area contributed by atoms with Crippen molar-refractivity contribution in [3.05, 3.63) is 33.5 Å².